The van der Waals surface area contributed by atoms with Gasteiger partial charge in [0.1, 0.15) is 5.88 Å². The van der Waals surface area contributed by atoms with Gasteiger partial charge in [-0.1, -0.05) is 0 Å². The van der Waals surface area contributed by atoms with Crippen LogP contribution in [0.2, 0.25) is 0 Å². The molecule has 0 saturated heterocycles. The van der Waals surface area contributed by atoms with Crippen molar-refractivity contribution in [3.05, 3.63) is 11.9 Å². The molecule has 0 aliphatic rings. The normalized spacial score (nSPS) is 9.64. The van der Waals surface area contributed by atoms with E-state index in [1.54, 1.807) is 6.20 Å². The number of aromatic amines is 1. The number of carbonyl (C=O) groups is 1. The summed E-state index contributed by atoms with van der Waals surface area (Å²) in [5.74, 6) is -0.263. The number of carbonyl (C=O) groups excluding carboxylic acids is 1. The summed E-state index contributed by atoms with van der Waals surface area (Å²) in [4.78, 5) is 10.7. The molecule has 1 aromatic rings. The number of hydrogen-bond donors (Lipinski definition) is 2. The fraction of sp³-hybridized carbons (Fsp3) is 0.333. The molecule has 1 rings (SSSR count). The van der Waals surface area contributed by atoms with Gasteiger partial charge in [0.15, 0.2) is 0 Å². The minimum atomic E-state index is -0.226. The van der Waals surface area contributed by atoms with Gasteiger partial charge in [-0.25, -0.2) is 0 Å². The number of halogens is 1. The van der Waals surface area contributed by atoms with Gasteiger partial charge in [-0.2, -0.15) is 5.10 Å². The summed E-state index contributed by atoms with van der Waals surface area (Å²) >= 11 is 5.28. The quantitative estimate of drug-likeness (QED) is 0.653. The smallest absolute Gasteiger partial charge is 0.239 e. The van der Waals surface area contributed by atoms with Gasteiger partial charge in [0, 0.05) is 0 Å². The number of aryl methyl sites for hydroxylation is 1. The summed E-state index contributed by atoms with van der Waals surface area (Å²) in [5, 5.41) is 8.99. The standard InChI is InChI=1S/C6H8ClN3O/c1-4-5(3-8-10-4)9-6(11)2-7/h3H,2H2,1H3,(H,8,10)(H,9,11). The van der Waals surface area contributed by atoms with Crippen LogP contribution < -0.4 is 5.32 Å². The Morgan fingerprint density at radius 1 is 1.91 bits per heavy atom. The summed E-state index contributed by atoms with van der Waals surface area (Å²) in [6, 6.07) is 0. The van der Waals surface area contributed by atoms with Crippen molar-refractivity contribution in [1.29, 1.82) is 0 Å². The molecule has 0 spiro atoms. The van der Waals surface area contributed by atoms with E-state index in [1.165, 1.54) is 0 Å². The second-order valence-corrected chi connectivity index (χ2v) is 2.36. The van der Waals surface area contributed by atoms with Gasteiger partial charge in [-0.05, 0) is 6.92 Å². The molecule has 4 nitrogen and oxygen atoms in total. The summed E-state index contributed by atoms with van der Waals surface area (Å²) in [5.41, 5.74) is 1.50. The number of rotatable bonds is 2. The van der Waals surface area contributed by atoms with E-state index in [0.717, 1.165) is 5.69 Å². The molecule has 0 unspecified atom stereocenters. The maximum Gasteiger partial charge on any atom is 0.239 e. The third kappa shape index (κ3) is 1.94. The first kappa shape index (κ1) is 8.07. The van der Waals surface area contributed by atoms with Crippen LogP contribution in [0.4, 0.5) is 5.69 Å². The summed E-state index contributed by atoms with van der Waals surface area (Å²) in [6.45, 7) is 1.82. The molecule has 0 aromatic carbocycles. The van der Waals surface area contributed by atoms with Crippen LogP contribution in [0, 0.1) is 6.92 Å². The Morgan fingerprint density at radius 3 is 3.09 bits per heavy atom. The Bertz CT molecular complexity index is 258. The topological polar surface area (TPSA) is 57.8 Å². The van der Waals surface area contributed by atoms with Crippen LogP contribution in [0.15, 0.2) is 6.20 Å². The van der Waals surface area contributed by atoms with Crippen molar-refractivity contribution < 1.29 is 4.79 Å². The van der Waals surface area contributed by atoms with E-state index in [0.29, 0.717) is 5.69 Å². The third-order valence-electron chi connectivity index (χ3n) is 1.23. The van der Waals surface area contributed by atoms with Crippen molar-refractivity contribution in [3.8, 4) is 0 Å². The number of aromatic nitrogens is 2. The van der Waals surface area contributed by atoms with Crippen molar-refractivity contribution in [2.75, 3.05) is 11.2 Å². The zero-order valence-electron chi connectivity index (χ0n) is 6.02. The molecule has 0 aliphatic carbocycles. The maximum absolute atomic E-state index is 10.7. The summed E-state index contributed by atoms with van der Waals surface area (Å²) < 4.78 is 0. The predicted octanol–water partition coefficient (Wildman–Crippen LogP) is 0.895. The molecule has 0 saturated carbocycles. The number of hydrogen-bond acceptors (Lipinski definition) is 2. The first-order chi connectivity index (χ1) is 5.24. The lowest BCUT2D eigenvalue weighted by molar-refractivity contribution is -0.113. The van der Waals surface area contributed by atoms with Crippen LogP contribution in [-0.4, -0.2) is 22.0 Å². The Labute approximate surface area is 68.9 Å². The minimum Gasteiger partial charge on any atom is -0.322 e. The molecule has 1 amide bonds. The summed E-state index contributed by atoms with van der Waals surface area (Å²) in [7, 11) is 0. The fourth-order valence-electron chi connectivity index (χ4n) is 0.660. The van der Waals surface area contributed by atoms with E-state index in [9.17, 15) is 4.79 Å². The molecule has 11 heavy (non-hydrogen) atoms. The lowest BCUT2D eigenvalue weighted by atomic mass is 10.4. The van der Waals surface area contributed by atoms with E-state index in [-0.39, 0.29) is 11.8 Å². The average molecular weight is 174 g/mol. The van der Waals surface area contributed by atoms with Crippen LogP contribution in [0.3, 0.4) is 0 Å². The number of amides is 1. The SMILES string of the molecule is Cc1[nH]ncc1NC(=O)CCl. The highest BCUT2D eigenvalue weighted by molar-refractivity contribution is 6.29. The van der Waals surface area contributed by atoms with E-state index < -0.39 is 0 Å². The molecule has 5 heteroatoms. The highest BCUT2D eigenvalue weighted by atomic mass is 35.5. The molecule has 0 aliphatic heterocycles. The largest absolute Gasteiger partial charge is 0.322 e. The Morgan fingerprint density at radius 2 is 2.64 bits per heavy atom. The first-order valence-electron chi connectivity index (χ1n) is 3.10. The number of anilines is 1. The zero-order chi connectivity index (χ0) is 8.27. The highest BCUT2D eigenvalue weighted by Crippen LogP contribution is 2.08. The Hall–Kier alpha value is -1.03. The molecular weight excluding hydrogens is 166 g/mol. The second kappa shape index (κ2) is 3.39. The lowest BCUT2D eigenvalue weighted by Crippen LogP contribution is -2.12. The summed E-state index contributed by atoms with van der Waals surface area (Å²) in [6.07, 6.45) is 1.54. The van der Waals surface area contributed by atoms with Crippen LogP contribution >= 0.6 is 11.6 Å². The van der Waals surface area contributed by atoms with Crippen LogP contribution in [-0.2, 0) is 4.79 Å². The van der Waals surface area contributed by atoms with Gasteiger partial charge in [-0.15, -0.1) is 11.6 Å². The molecule has 1 heterocycles. The molecule has 60 valence electrons. The zero-order valence-corrected chi connectivity index (χ0v) is 6.77. The van der Waals surface area contributed by atoms with Gasteiger partial charge in [0.05, 0.1) is 17.6 Å². The van der Waals surface area contributed by atoms with E-state index in [2.05, 4.69) is 15.5 Å². The fourth-order valence-corrected chi connectivity index (χ4v) is 0.727. The van der Waals surface area contributed by atoms with Crippen LogP contribution in [0.25, 0.3) is 0 Å². The van der Waals surface area contributed by atoms with Crippen LogP contribution in [0.1, 0.15) is 5.69 Å². The van der Waals surface area contributed by atoms with Gasteiger partial charge in [0.2, 0.25) is 5.91 Å². The van der Waals surface area contributed by atoms with Crippen LogP contribution in [0.5, 0.6) is 0 Å². The molecule has 0 atom stereocenters. The number of alkyl halides is 1. The molecule has 0 fully saturated rings. The van der Waals surface area contributed by atoms with Crippen molar-refractivity contribution in [3.63, 3.8) is 0 Å². The van der Waals surface area contributed by atoms with Crippen molar-refractivity contribution in [1.82, 2.24) is 10.2 Å². The molecule has 0 radical (unpaired) electrons. The Balaban J connectivity index is 2.64. The Kier molecular flexibility index (Phi) is 2.48. The molecular formula is C6H8ClN3O. The molecule has 1 aromatic heterocycles. The molecule has 0 bridgehead atoms. The van der Waals surface area contributed by atoms with Gasteiger partial charge in [0.25, 0.3) is 0 Å². The highest BCUT2D eigenvalue weighted by Gasteiger charge is 2.03. The van der Waals surface area contributed by atoms with Gasteiger partial charge in [-0.3, -0.25) is 9.89 Å². The van der Waals surface area contributed by atoms with Gasteiger partial charge < -0.3 is 5.32 Å². The number of nitrogens with zero attached hydrogens (tertiary/aromatic N) is 1. The lowest BCUT2D eigenvalue weighted by Gasteiger charge is -1.98. The predicted molar refractivity (Wildman–Crippen MR) is 42.7 cm³/mol. The monoisotopic (exact) mass is 173 g/mol. The van der Waals surface area contributed by atoms with Crippen molar-refractivity contribution in [2.24, 2.45) is 0 Å². The number of H-pyrrole nitrogens is 1. The maximum atomic E-state index is 10.7. The second-order valence-electron chi connectivity index (χ2n) is 2.09. The average Bonchev–Trinajstić information content (AvgIpc) is 2.37. The number of nitrogens with one attached hydrogen (secondary N) is 2. The first-order valence-corrected chi connectivity index (χ1v) is 3.63. The van der Waals surface area contributed by atoms with Crippen molar-refractivity contribution in [2.45, 2.75) is 6.92 Å². The van der Waals surface area contributed by atoms with E-state index in [4.69, 9.17) is 11.6 Å². The van der Waals surface area contributed by atoms with E-state index >= 15 is 0 Å². The van der Waals surface area contributed by atoms with E-state index in [1.807, 2.05) is 6.92 Å². The van der Waals surface area contributed by atoms with Crippen molar-refractivity contribution >= 4 is 23.2 Å². The minimum absolute atomic E-state index is 0.0371. The van der Waals surface area contributed by atoms with Gasteiger partial charge >= 0.3 is 0 Å². The molecule has 2 N–H and O–H groups in total. The third-order valence-corrected chi connectivity index (χ3v) is 1.47.